The summed E-state index contributed by atoms with van der Waals surface area (Å²) in [6.07, 6.45) is -0.609. The second kappa shape index (κ2) is 5.53. The summed E-state index contributed by atoms with van der Waals surface area (Å²) in [6, 6.07) is 5.79. The summed E-state index contributed by atoms with van der Waals surface area (Å²) in [5.41, 5.74) is 0.0134. The Morgan fingerprint density at radius 2 is 1.83 bits per heavy atom. The van der Waals surface area contributed by atoms with Crippen LogP contribution < -0.4 is 10.6 Å². The molecule has 1 aromatic rings. The van der Waals surface area contributed by atoms with Gasteiger partial charge in [-0.25, -0.2) is 4.79 Å². The highest BCUT2D eigenvalue weighted by atomic mass is 16.6. The molecule has 0 aliphatic heterocycles. The van der Waals surface area contributed by atoms with Crippen molar-refractivity contribution in [2.45, 2.75) is 26.4 Å². The average molecular weight is 253 g/mol. The zero-order valence-corrected chi connectivity index (χ0v) is 10.5. The summed E-state index contributed by atoms with van der Waals surface area (Å²) in [7, 11) is 0. The third kappa shape index (κ3) is 4.45. The molecule has 0 fully saturated rings. The molecule has 98 valence electrons. The van der Waals surface area contributed by atoms with E-state index >= 15 is 0 Å². The number of hydrogen-bond donors (Lipinski definition) is 2. The zero-order chi connectivity index (χ0) is 16.3. The number of anilines is 1. The molecule has 18 heavy (non-hydrogen) atoms. The highest BCUT2D eigenvalue weighted by Gasteiger charge is 2.16. The van der Waals surface area contributed by atoms with Gasteiger partial charge in [-0.15, -0.1) is 0 Å². The van der Waals surface area contributed by atoms with E-state index in [4.69, 9.17) is 8.85 Å². The average Bonchev–Trinajstić information content (AvgIpc) is 2.24. The number of hydrogen-bond acceptors (Lipinski definition) is 3. The maximum absolute atomic E-state index is 11.6. The molecule has 5 heteroatoms. The molecule has 0 atom stereocenters. The maximum Gasteiger partial charge on any atom is 0.412 e. The molecule has 0 aliphatic rings. The first-order valence-electron chi connectivity index (χ1n) is 6.89. The van der Waals surface area contributed by atoms with Gasteiger partial charge in [-0.05, 0) is 45.0 Å². The Balaban J connectivity index is 2.66. The quantitative estimate of drug-likeness (QED) is 0.850. The molecule has 5 nitrogen and oxygen atoms in total. The van der Waals surface area contributed by atoms with Crippen molar-refractivity contribution in [2.24, 2.45) is 0 Å². The molecule has 2 N–H and O–H groups in total. The Kier molecular flexibility index (Phi) is 3.05. The lowest BCUT2D eigenvalue weighted by atomic mass is 10.2. The van der Waals surface area contributed by atoms with Gasteiger partial charge in [0.2, 0.25) is 0 Å². The first kappa shape index (κ1) is 9.94. The van der Waals surface area contributed by atoms with Crippen LogP contribution in [0.2, 0.25) is 0 Å². The largest absolute Gasteiger partial charge is 0.444 e. The van der Waals surface area contributed by atoms with Crippen LogP contribution in [-0.4, -0.2) is 24.6 Å². The van der Waals surface area contributed by atoms with Crippen LogP contribution in [0.25, 0.3) is 0 Å². The lowest BCUT2D eigenvalue weighted by Crippen LogP contribution is -2.27. The minimum Gasteiger partial charge on any atom is -0.444 e. The van der Waals surface area contributed by atoms with Gasteiger partial charge in [-0.2, -0.15) is 0 Å². The van der Waals surface area contributed by atoms with Crippen molar-refractivity contribution in [1.82, 2.24) is 5.32 Å². The van der Waals surface area contributed by atoms with Crippen LogP contribution in [0.5, 0.6) is 0 Å². The lowest BCUT2D eigenvalue weighted by Gasteiger charge is -2.19. The number of carbonyl (C=O) groups excluding carboxylic acids is 2. The zero-order valence-electron chi connectivity index (χ0n) is 13.5. The van der Waals surface area contributed by atoms with Gasteiger partial charge in [0.05, 0.1) is 0 Å². The van der Waals surface area contributed by atoms with Gasteiger partial charge >= 0.3 is 6.09 Å². The Morgan fingerprint density at radius 1 is 1.22 bits per heavy atom. The van der Waals surface area contributed by atoms with Gasteiger partial charge in [-0.1, -0.05) is 0 Å². The molecule has 0 unspecified atom stereocenters. The standard InChI is InChI=1S/C13H18N2O3/c1-13(2,3)18-12(17)15-10-7-5-9(6-8-10)11(16)14-4/h5-8H,1-4H3,(H,14,16)(H,15,17)/i4D3. The van der Waals surface area contributed by atoms with Crippen molar-refractivity contribution in [3.63, 3.8) is 0 Å². The predicted molar refractivity (Wildman–Crippen MR) is 69.7 cm³/mol. The van der Waals surface area contributed by atoms with Gasteiger partial charge in [0.25, 0.3) is 5.91 Å². The third-order valence-corrected chi connectivity index (χ3v) is 1.91. The van der Waals surface area contributed by atoms with Crippen LogP contribution in [0.15, 0.2) is 24.3 Å². The van der Waals surface area contributed by atoms with Crippen molar-refractivity contribution in [1.29, 1.82) is 0 Å². The number of carbonyl (C=O) groups is 2. The van der Waals surface area contributed by atoms with Crippen LogP contribution in [-0.2, 0) is 4.74 Å². The number of rotatable bonds is 2. The smallest absolute Gasteiger partial charge is 0.412 e. The Hall–Kier alpha value is -2.04. The normalized spacial score (nSPS) is 13.8. The highest BCUT2D eigenvalue weighted by Crippen LogP contribution is 2.12. The Bertz CT molecular complexity index is 519. The first-order valence-corrected chi connectivity index (χ1v) is 5.39. The number of amides is 2. The molecule has 0 bridgehead atoms. The van der Waals surface area contributed by atoms with Crippen molar-refractivity contribution in [3.05, 3.63) is 29.8 Å². The molecule has 0 radical (unpaired) electrons. The summed E-state index contributed by atoms with van der Waals surface area (Å²) >= 11 is 0. The molecule has 1 rings (SSSR count). The van der Waals surface area contributed by atoms with Crippen molar-refractivity contribution in [3.8, 4) is 0 Å². The molecule has 1 aromatic carbocycles. The molecular formula is C13H18N2O3. The van der Waals surface area contributed by atoms with E-state index in [0.29, 0.717) is 5.69 Å². The highest BCUT2D eigenvalue weighted by molar-refractivity contribution is 5.94. The molecule has 0 saturated heterocycles. The third-order valence-electron chi connectivity index (χ3n) is 1.91. The van der Waals surface area contributed by atoms with E-state index in [1.807, 2.05) is 5.32 Å². The first-order chi connectivity index (χ1) is 9.46. The van der Waals surface area contributed by atoms with Crippen LogP contribution in [0.1, 0.15) is 35.2 Å². The van der Waals surface area contributed by atoms with Gasteiger partial charge < -0.3 is 10.1 Å². The summed E-state index contributed by atoms with van der Waals surface area (Å²) in [5, 5.41) is 4.38. The fourth-order valence-corrected chi connectivity index (χ4v) is 1.20. The van der Waals surface area contributed by atoms with E-state index in [1.54, 1.807) is 20.8 Å². The van der Waals surface area contributed by atoms with E-state index in [9.17, 15) is 9.59 Å². The van der Waals surface area contributed by atoms with Crippen LogP contribution in [0.3, 0.4) is 0 Å². The monoisotopic (exact) mass is 253 g/mol. The Morgan fingerprint density at radius 3 is 2.33 bits per heavy atom. The SMILES string of the molecule is [2H]C([2H])([2H])NC(=O)c1ccc(NC(=O)OC(C)(C)C)cc1. The molecule has 2 amide bonds. The number of benzene rings is 1. The second-order valence-electron chi connectivity index (χ2n) is 4.66. The van der Waals surface area contributed by atoms with E-state index in [1.165, 1.54) is 24.3 Å². The summed E-state index contributed by atoms with van der Waals surface area (Å²) in [5.74, 6) is -0.709. The Labute approximate surface area is 111 Å². The van der Waals surface area contributed by atoms with Crippen LogP contribution in [0.4, 0.5) is 10.5 Å². The molecular weight excluding hydrogens is 232 g/mol. The van der Waals surface area contributed by atoms with Gasteiger partial charge in [-0.3, -0.25) is 10.1 Å². The van der Waals surface area contributed by atoms with E-state index in [2.05, 4.69) is 5.32 Å². The minimum atomic E-state index is -2.54. The molecule has 0 aromatic heterocycles. The summed E-state index contributed by atoms with van der Waals surface area (Å²) < 4.78 is 26.0. The summed E-state index contributed by atoms with van der Waals surface area (Å²) in [4.78, 5) is 23.1. The lowest BCUT2D eigenvalue weighted by molar-refractivity contribution is 0.0636. The predicted octanol–water partition coefficient (Wildman–Crippen LogP) is 2.39. The molecule has 0 saturated carbocycles. The van der Waals surface area contributed by atoms with E-state index in [-0.39, 0.29) is 5.56 Å². The molecule has 0 aliphatic carbocycles. The summed E-state index contributed by atoms with van der Waals surface area (Å²) in [6.45, 7) is 2.70. The maximum atomic E-state index is 11.6. The fourth-order valence-electron chi connectivity index (χ4n) is 1.20. The number of ether oxygens (including phenoxy) is 1. The second-order valence-corrected chi connectivity index (χ2v) is 4.66. The van der Waals surface area contributed by atoms with Crippen LogP contribution >= 0.6 is 0 Å². The van der Waals surface area contributed by atoms with Gasteiger partial charge in [0.15, 0.2) is 0 Å². The van der Waals surface area contributed by atoms with Gasteiger partial charge in [0.1, 0.15) is 5.60 Å². The molecule has 0 spiro atoms. The topological polar surface area (TPSA) is 67.4 Å². The van der Waals surface area contributed by atoms with E-state index in [0.717, 1.165) is 0 Å². The molecule has 0 heterocycles. The van der Waals surface area contributed by atoms with E-state index < -0.39 is 24.6 Å². The number of nitrogens with one attached hydrogen (secondary N) is 2. The van der Waals surface area contributed by atoms with Gasteiger partial charge in [0, 0.05) is 22.3 Å². The van der Waals surface area contributed by atoms with Crippen molar-refractivity contribution < 1.29 is 18.4 Å². The van der Waals surface area contributed by atoms with Crippen molar-refractivity contribution in [2.75, 3.05) is 12.3 Å². The fraction of sp³-hybridized carbons (Fsp3) is 0.385. The minimum absolute atomic E-state index is 0.181. The van der Waals surface area contributed by atoms with Crippen molar-refractivity contribution >= 4 is 17.7 Å². The van der Waals surface area contributed by atoms with Crippen LogP contribution in [0, 0.1) is 0 Å².